The Balaban J connectivity index is 1.23. The van der Waals surface area contributed by atoms with Crippen molar-refractivity contribution in [1.82, 2.24) is 14.8 Å². The third-order valence-electron chi connectivity index (χ3n) is 6.11. The molecule has 3 aliphatic rings. The summed E-state index contributed by atoms with van der Waals surface area (Å²) in [7, 11) is 0. The number of amides is 1. The summed E-state index contributed by atoms with van der Waals surface area (Å²) in [4.78, 5) is 21.9. The van der Waals surface area contributed by atoms with Crippen LogP contribution < -0.4 is 5.73 Å². The number of nitrogens with zero attached hydrogens (tertiary/aromatic N) is 3. The SMILES string of the molecule is Nc1ccc(-c2ccco2)nc1CC(=O)N1CC2CN(C3COC3)CC2C1. The number of hydrogen-bond acceptors (Lipinski definition) is 6. The molecule has 2 aromatic rings. The second-order valence-corrected chi connectivity index (χ2v) is 7.85. The monoisotopic (exact) mass is 368 g/mol. The van der Waals surface area contributed by atoms with Gasteiger partial charge in [-0.15, -0.1) is 0 Å². The maximum absolute atomic E-state index is 12.9. The van der Waals surface area contributed by atoms with Crippen molar-refractivity contribution in [1.29, 1.82) is 0 Å². The average molecular weight is 368 g/mol. The number of likely N-dealkylation sites (tertiary alicyclic amines) is 2. The van der Waals surface area contributed by atoms with Gasteiger partial charge in [0.05, 0.1) is 43.3 Å². The maximum Gasteiger partial charge on any atom is 0.228 e. The smallest absolute Gasteiger partial charge is 0.228 e. The Morgan fingerprint density at radius 1 is 1.15 bits per heavy atom. The summed E-state index contributed by atoms with van der Waals surface area (Å²) in [6.45, 7) is 5.56. The first-order chi connectivity index (χ1) is 13.2. The first-order valence-electron chi connectivity index (χ1n) is 9.56. The van der Waals surface area contributed by atoms with Crippen molar-refractivity contribution in [2.45, 2.75) is 12.5 Å². The molecule has 3 aliphatic heterocycles. The molecule has 3 fully saturated rings. The third kappa shape index (κ3) is 3.11. The molecule has 2 N–H and O–H groups in total. The van der Waals surface area contributed by atoms with Gasteiger partial charge in [-0.3, -0.25) is 9.69 Å². The number of ether oxygens (including phenoxy) is 1. The van der Waals surface area contributed by atoms with Crippen molar-refractivity contribution in [3.8, 4) is 11.5 Å². The summed E-state index contributed by atoms with van der Waals surface area (Å²) in [6, 6.07) is 7.88. The van der Waals surface area contributed by atoms with E-state index in [-0.39, 0.29) is 12.3 Å². The Kier molecular flexibility index (Phi) is 4.13. The Morgan fingerprint density at radius 2 is 1.93 bits per heavy atom. The molecule has 7 nitrogen and oxygen atoms in total. The lowest BCUT2D eigenvalue weighted by atomic mass is 10.0. The molecule has 2 aromatic heterocycles. The number of furan rings is 1. The van der Waals surface area contributed by atoms with Crippen LogP contribution in [0.5, 0.6) is 0 Å². The molecule has 0 spiro atoms. The van der Waals surface area contributed by atoms with Crippen molar-refractivity contribution in [3.63, 3.8) is 0 Å². The minimum atomic E-state index is 0.110. The van der Waals surface area contributed by atoms with Gasteiger partial charge in [-0.05, 0) is 36.1 Å². The lowest BCUT2D eigenvalue weighted by Crippen LogP contribution is -2.49. The molecule has 0 aromatic carbocycles. The normalized spacial score (nSPS) is 25.6. The Morgan fingerprint density at radius 3 is 2.56 bits per heavy atom. The fraction of sp³-hybridized carbons (Fsp3) is 0.500. The molecule has 5 heterocycles. The van der Waals surface area contributed by atoms with Crippen LogP contribution in [0.3, 0.4) is 0 Å². The molecular formula is C20H24N4O3. The minimum Gasteiger partial charge on any atom is -0.463 e. The number of carbonyl (C=O) groups excluding carboxylic acids is 1. The third-order valence-corrected chi connectivity index (χ3v) is 6.11. The van der Waals surface area contributed by atoms with Gasteiger partial charge in [-0.2, -0.15) is 0 Å². The highest BCUT2D eigenvalue weighted by atomic mass is 16.5. The van der Waals surface area contributed by atoms with Crippen LogP contribution in [0.1, 0.15) is 5.69 Å². The van der Waals surface area contributed by atoms with E-state index in [1.54, 1.807) is 12.3 Å². The van der Waals surface area contributed by atoms with Gasteiger partial charge < -0.3 is 19.8 Å². The molecule has 2 unspecified atom stereocenters. The number of anilines is 1. The van der Waals surface area contributed by atoms with Crippen LogP contribution in [0.2, 0.25) is 0 Å². The first-order valence-corrected chi connectivity index (χ1v) is 9.56. The van der Waals surface area contributed by atoms with Crippen molar-refractivity contribution in [2.24, 2.45) is 11.8 Å². The van der Waals surface area contributed by atoms with E-state index in [4.69, 9.17) is 14.9 Å². The number of pyridine rings is 1. The second kappa shape index (κ2) is 6.65. The molecule has 0 aliphatic carbocycles. The van der Waals surface area contributed by atoms with Crippen molar-refractivity contribution in [3.05, 3.63) is 36.2 Å². The molecule has 2 atom stereocenters. The molecule has 142 valence electrons. The van der Waals surface area contributed by atoms with E-state index in [2.05, 4.69) is 9.88 Å². The van der Waals surface area contributed by atoms with Crippen LogP contribution in [-0.4, -0.2) is 66.1 Å². The summed E-state index contributed by atoms with van der Waals surface area (Å²) < 4.78 is 10.7. The van der Waals surface area contributed by atoms with E-state index < -0.39 is 0 Å². The largest absolute Gasteiger partial charge is 0.463 e. The molecule has 1 amide bonds. The zero-order valence-corrected chi connectivity index (χ0v) is 15.2. The number of rotatable bonds is 4. The van der Waals surface area contributed by atoms with Crippen LogP contribution in [0, 0.1) is 11.8 Å². The van der Waals surface area contributed by atoms with Crippen LogP contribution in [-0.2, 0) is 16.0 Å². The Hall–Kier alpha value is -2.38. The summed E-state index contributed by atoms with van der Waals surface area (Å²) in [5.41, 5.74) is 7.95. The van der Waals surface area contributed by atoms with E-state index in [1.165, 1.54) is 0 Å². The number of carbonyl (C=O) groups is 1. The van der Waals surface area contributed by atoms with E-state index in [0.29, 0.717) is 40.7 Å². The fourth-order valence-corrected chi connectivity index (χ4v) is 4.44. The molecular weight excluding hydrogens is 344 g/mol. The molecule has 0 bridgehead atoms. The van der Waals surface area contributed by atoms with Crippen molar-refractivity contribution >= 4 is 11.6 Å². The van der Waals surface area contributed by atoms with Gasteiger partial charge in [0.25, 0.3) is 0 Å². The van der Waals surface area contributed by atoms with Crippen LogP contribution in [0.15, 0.2) is 34.9 Å². The summed E-state index contributed by atoms with van der Waals surface area (Å²) in [5, 5.41) is 0. The van der Waals surface area contributed by atoms with Gasteiger partial charge in [0, 0.05) is 26.2 Å². The van der Waals surface area contributed by atoms with Gasteiger partial charge in [-0.25, -0.2) is 4.98 Å². The fourth-order valence-electron chi connectivity index (χ4n) is 4.44. The molecule has 0 saturated carbocycles. The second-order valence-electron chi connectivity index (χ2n) is 7.85. The standard InChI is InChI=1S/C20H24N4O3/c21-16-3-4-17(19-2-1-5-27-19)22-18(16)6-20(25)24-9-13-7-23(8-14(13)10-24)15-11-26-12-15/h1-5,13-15H,6-12,21H2. The van der Waals surface area contributed by atoms with E-state index >= 15 is 0 Å². The lowest BCUT2D eigenvalue weighted by molar-refractivity contribution is -0.130. The van der Waals surface area contributed by atoms with E-state index in [1.807, 2.05) is 23.1 Å². The van der Waals surface area contributed by atoms with Crippen LogP contribution in [0.25, 0.3) is 11.5 Å². The zero-order valence-electron chi connectivity index (χ0n) is 15.2. The number of nitrogens with two attached hydrogens (primary N) is 1. The van der Waals surface area contributed by atoms with E-state index in [9.17, 15) is 4.79 Å². The Labute approximate surface area is 158 Å². The van der Waals surface area contributed by atoms with Gasteiger partial charge in [0.15, 0.2) is 5.76 Å². The number of nitrogen functional groups attached to an aromatic ring is 1. The molecule has 3 saturated heterocycles. The van der Waals surface area contributed by atoms with Gasteiger partial charge in [0.2, 0.25) is 5.91 Å². The predicted molar refractivity (Wildman–Crippen MR) is 99.8 cm³/mol. The maximum atomic E-state index is 12.9. The summed E-state index contributed by atoms with van der Waals surface area (Å²) in [6.07, 6.45) is 1.85. The van der Waals surface area contributed by atoms with E-state index in [0.717, 1.165) is 39.4 Å². The highest BCUT2D eigenvalue weighted by molar-refractivity contribution is 5.80. The predicted octanol–water partition coefficient (Wildman–Crippen LogP) is 1.26. The summed E-state index contributed by atoms with van der Waals surface area (Å²) in [5.74, 6) is 1.95. The Bertz CT molecular complexity index is 820. The average Bonchev–Trinajstić information content (AvgIpc) is 3.31. The van der Waals surface area contributed by atoms with Gasteiger partial charge in [-0.1, -0.05) is 0 Å². The highest BCUT2D eigenvalue weighted by Crippen LogP contribution is 2.33. The molecule has 0 radical (unpaired) electrons. The number of fused-ring (bicyclic) bond motifs is 1. The number of hydrogen-bond donors (Lipinski definition) is 1. The highest BCUT2D eigenvalue weighted by Gasteiger charge is 2.44. The van der Waals surface area contributed by atoms with Crippen molar-refractivity contribution < 1.29 is 13.9 Å². The van der Waals surface area contributed by atoms with Crippen LogP contribution in [0.4, 0.5) is 5.69 Å². The molecule has 5 rings (SSSR count). The first kappa shape index (κ1) is 16.8. The van der Waals surface area contributed by atoms with Crippen molar-refractivity contribution in [2.75, 3.05) is 45.1 Å². The zero-order chi connectivity index (χ0) is 18.4. The number of aromatic nitrogens is 1. The summed E-state index contributed by atoms with van der Waals surface area (Å²) >= 11 is 0. The lowest BCUT2D eigenvalue weighted by Gasteiger charge is -2.35. The molecule has 7 heteroatoms. The van der Waals surface area contributed by atoms with Crippen LogP contribution >= 0.6 is 0 Å². The quantitative estimate of drug-likeness (QED) is 0.874. The van der Waals surface area contributed by atoms with Gasteiger partial charge >= 0.3 is 0 Å². The van der Waals surface area contributed by atoms with Gasteiger partial charge in [0.1, 0.15) is 5.69 Å². The minimum absolute atomic E-state index is 0.110. The topological polar surface area (TPSA) is 84.8 Å². The molecule has 27 heavy (non-hydrogen) atoms.